The maximum Gasteiger partial charge on any atom is 0.176 e. The molecular weight excluding hydrogens is 100 g/mol. The van der Waals surface area contributed by atoms with Crippen molar-refractivity contribution in [2.24, 2.45) is 0 Å². The van der Waals surface area contributed by atoms with Crippen LogP contribution in [-0.2, 0) is 9.84 Å². The van der Waals surface area contributed by atoms with Crippen LogP contribution in [0.3, 0.4) is 0 Å². The van der Waals surface area contributed by atoms with Gasteiger partial charge in [0.05, 0.1) is 5.41 Å². The van der Waals surface area contributed by atoms with Gasteiger partial charge in [-0.05, 0) is 0 Å². The molecule has 0 aliphatic rings. The fourth-order valence-corrected chi connectivity index (χ4v) is 0. The molecule has 0 saturated heterocycles. The van der Waals surface area contributed by atoms with Gasteiger partial charge in [0.2, 0.25) is 0 Å². The van der Waals surface area contributed by atoms with Crippen LogP contribution in [0.4, 0.5) is 0 Å². The van der Waals surface area contributed by atoms with Crippen molar-refractivity contribution in [1.82, 2.24) is 0 Å². The molecule has 0 aliphatic carbocycles. The Morgan fingerprint density at radius 3 is 1.83 bits per heavy atom. The molecule has 6 heavy (non-hydrogen) atoms. The highest BCUT2D eigenvalue weighted by Gasteiger charge is 1.86. The van der Waals surface area contributed by atoms with E-state index in [2.05, 4.69) is 6.58 Å². The summed E-state index contributed by atoms with van der Waals surface area (Å²) in [6, 6.07) is 0. The number of rotatable bonds is 1. The zero-order valence-corrected chi connectivity index (χ0v) is 4.25. The highest BCUT2D eigenvalue weighted by Crippen LogP contribution is 1.74. The smallest absolute Gasteiger partial charge is 0.176 e. The third-order valence-corrected chi connectivity index (χ3v) is 0.787. The molecule has 0 fully saturated rings. The number of hydrogen-bond donors (Lipinski definition) is 0. The van der Waals surface area contributed by atoms with Gasteiger partial charge >= 0.3 is 0 Å². The van der Waals surface area contributed by atoms with Gasteiger partial charge in [0, 0.05) is 6.26 Å². The van der Waals surface area contributed by atoms with Gasteiger partial charge in [-0.25, -0.2) is 8.42 Å². The fraction of sp³-hybridized carbons (Fsp3) is 0.333. The second-order valence-electron chi connectivity index (χ2n) is 0.917. The predicted octanol–water partition coefficient (Wildman–Crippen LogP) is -0.0223. The van der Waals surface area contributed by atoms with E-state index in [9.17, 15) is 8.42 Å². The van der Waals surface area contributed by atoms with Crippen molar-refractivity contribution in [3.8, 4) is 0 Å². The first-order valence-corrected chi connectivity index (χ1v) is 3.19. The molecule has 0 aromatic heterocycles. The summed E-state index contributed by atoms with van der Waals surface area (Å²) in [5.74, 6) is 0. The predicted molar refractivity (Wildman–Crippen MR) is 23.7 cm³/mol. The summed E-state index contributed by atoms with van der Waals surface area (Å²) in [4.78, 5) is 0. The molecule has 1 radical (unpaired) electrons. The van der Waals surface area contributed by atoms with E-state index in [1.54, 1.807) is 0 Å². The normalized spacial score (nSPS) is 10.8. The van der Waals surface area contributed by atoms with Gasteiger partial charge < -0.3 is 0 Å². The molecule has 35 valence electrons. The van der Waals surface area contributed by atoms with E-state index >= 15 is 0 Å². The highest BCUT2D eigenvalue weighted by molar-refractivity contribution is 7.92. The Bertz CT molecular complexity index is 119. The molecule has 0 rings (SSSR count). The van der Waals surface area contributed by atoms with Crippen molar-refractivity contribution in [1.29, 1.82) is 0 Å². The molecule has 3 heteroatoms. The van der Waals surface area contributed by atoms with E-state index in [0.29, 0.717) is 0 Å². The zero-order chi connectivity index (χ0) is 5.21. The van der Waals surface area contributed by atoms with E-state index in [1.807, 2.05) is 5.41 Å². The third kappa shape index (κ3) is 3.69. The van der Waals surface area contributed by atoms with Crippen molar-refractivity contribution in [2.75, 3.05) is 6.26 Å². The van der Waals surface area contributed by atoms with E-state index in [-0.39, 0.29) is 0 Å². The molecule has 0 bridgehead atoms. The van der Waals surface area contributed by atoms with Crippen molar-refractivity contribution >= 4 is 9.84 Å². The topological polar surface area (TPSA) is 34.1 Å². The lowest BCUT2D eigenvalue weighted by Gasteiger charge is -1.72. The van der Waals surface area contributed by atoms with Crippen LogP contribution in [0.1, 0.15) is 0 Å². The van der Waals surface area contributed by atoms with Gasteiger partial charge in [0.25, 0.3) is 0 Å². The zero-order valence-electron chi connectivity index (χ0n) is 3.43. The maximum absolute atomic E-state index is 9.83. The standard InChI is InChI=1S/C3H5O2S/c1-3-6(2,4)5/h1H2,2H3. The van der Waals surface area contributed by atoms with Crippen LogP contribution in [0.25, 0.3) is 0 Å². The minimum Gasteiger partial charge on any atom is -0.224 e. The summed E-state index contributed by atoms with van der Waals surface area (Å²) in [6.07, 6.45) is 1.04. The Labute approximate surface area is 37.4 Å². The first-order valence-electron chi connectivity index (χ1n) is 1.30. The quantitative estimate of drug-likeness (QED) is 0.469. The van der Waals surface area contributed by atoms with Crippen molar-refractivity contribution in [2.45, 2.75) is 0 Å². The van der Waals surface area contributed by atoms with E-state index in [4.69, 9.17) is 0 Å². The van der Waals surface area contributed by atoms with Gasteiger partial charge in [0.1, 0.15) is 0 Å². The summed E-state index contributed by atoms with van der Waals surface area (Å²) in [5, 5.41) is 1.83. The van der Waals surface area contributed by atoms with Crippen molar-refractivity contribution < 1.29 is 8.42 Å². The molecule has 0 unspecified atom stereocenters. The van der Waals surface area contributed by atoms with Crippen LogP contribution in [0, 0.1) is 5.41 Å². The molecule has 0 aromatic carbocycles. The van der Waals surface area contributed by atoms with E-state index in [1.165, 1.54) is 0 Å². The van der Waals surface area contributed by atoms with Gasteiger partial charge in [-0.15, -0.1) is 0 Å². The lowest BCUT2D eigenvalue weighted by Crippen LogP contribution is -1.85. The van der Waals surface area contributed by atoms with Gasteiger partial charge in [-0.2, -0.15) is 0 Å². The Balaban J connectivity index is 4.25. The van der Waals surface area contributed by atoms with Crippen molar-refractivity contribution in [3.63, 3.8) is 0 Å². The second-order valence-corrected chi connectivity index (χ2v) is 2.75. The second kappa shape index (κ2) is 1.43. The summed E-state index contributed by atoms with van der Waals surface area (Å²) < 4.78 is 19.7. The average molecular weight is 105 g/mol. The van der Waals surface area contributed by atoms with Crippen LogP contribution in [0.5, 0.6) is 0 Å². The van der Waals surface area contributed by atoms with Crippen LogP contribution >= 0.6 is 0 Å². The summed E-state index contributed by atoms with van der Waals surface area (Å²) in [7, 11) is -3.02. The van der Waals surface area contributed by atoms with Crippen molar-refractivity contribution in [3.05, 3.63) is 12.0 Å². The summed E-state index contributed by atoms with van der Waals surface area (Å²) in [6.45, 7) is 2.92. The molecule has 0 saturated carbocycles. The Kier molecular flexibility index (Phi) is 1.35. The van der Waals surface area contributed by atoms with Crippen LogP contribution in [-0.4, -0.2) is 14.7 Å². The summed E-state index contributed by atoms with van der Waals surface area (Å²) in [5.41, 5.74) is 0. The van der Waals surface area contributed by atoms with E-state index < -0.39 is 9.84 Å². The number of hydrogen-bond acceptors (Lipinski definition) is 2. The third-order valence-electron chi connectivity index (χ3n) is 0.262. The average Bonchev–Trinajstić information content (AvgIpc) is 1.35. The fourth-order valence-electron chi connectivity index (χ4n) is 0. The molecule has 0 N–H and O–H groups in total. The Morgan fingerprint density at radius 1 is 1.67 bits per heavy atom. The monoisotopic (exact) mass is 105 g/mol. The summed E-state index contributed by atoms with van der Waals surface area (Å²) >= 11 is 0. The maximum atomic E-state index is 9.83. The highest BCUT2D eigenvalue weighted by atomic mass is 32.2. The minimum absolute atomic E-state index is 1.04. The molecule has 0 amide bonds. The Morgan fingerprint density at radius 2 is 1.83 bits per heavy atom. The first-order chi connectivity index (χ1) is 2.56. The van der Waals surface area contributed by atoms with Gasteiger partial charge in [0.15, 0.2) is 9.84 Å². The largest absolute Gasteiger partial charge is 0.224 e. The van der Waals surface area contributed by atoms with Crippen LogP contribution < -0.4 is 0 Å². The molecule has 0 aromatic rings. The molecule has 2 nitrogen and oxygen atoms in total. The number of sulfone groups is 1. The van der Waals surface area contributed by atoms with Gasteiger partial charge in [-0.1, -0.05) is 6.58 Å². The van der Waals surface area contributed by atoms with E-state index in [0.717, 1.165) is 6.26 Å². The van der Waals surface area contributed by atoms with Gasteiger partial charge in [-0.3, -0.25) is 0 Å². The molecule has 0 aliphatic heterocycles. The molecule has 0 spiro atoms. The minimum atomic E-state index is -3.02. The lowest BCUT2D eigenvalue weighted by atomic mass is 11.3. The molecular formula is C3H5O2S. The SMILES string of the molecule is C=[C]S(C)(=O)=O. The molecule has 0 atom stereocenters. The van der Waals surface area contributed by atoms with Crippen LogP contribution in [0.15, 0.2) is 6.58 Å². The first kappa shape index (κ1) is 5.69. The van der Waals surface area contributed by atoms with Crippen LogP contribution in [0.2, 0.25) is 0 Å². The Hall–Kier alpha value is -0.310. The lowest BCUT2D eigenvalue weighted by molar-refractivity contribution is 0.609. The molecule has 0 heterocycles.